The second-order valence-corrected chi connectivity index (χ2v) is 7.99. The lowest BCUT2D eigenvalue weighted by molar-refractivity contribution is 0.401. The maximum Gasteiger partial charge on any atom is 0.261 e. The van der Waals surface area contributed by atoms with E-state index in [4.69, 9.17) is 14.0 Å². The van der Waals surface area contributed by atoms with Gasteiger partial charge in [-0.3, -0.25) is 4.72 Å². The van der Waals surface area contributed by atoms with Crippen molar-refractivity contribution in [3.63, 3.8) is 0 Å². The zero-order valence-electron chi connectivity index (χ0n) is 16.0. The van der Waals surface area contributed by atoms with Gasteiger partial charge in [0.05, 0.1) is 24.7 Å². The average molecular weight is 403 g/mol. The van der Waals surface area contributed by atoms with Crippen LogP contribution in [0.2, 0.25) is 0 Å². The van der Waals surface area contributed by atoms with Crippen molar-refractivity contribution in [2.24, 2.45) is 0 Å². The van der Waals surface area contributed by atoms with Crippen molar-refractivity contribution in [1.29, 1.82) is 0 Å². The molecule has 0 fully saturated rings. The van der Waals surface area contributed by atoms with E-state index in [0.29, 0.717) is 28.6 Å². The van der Waals surface area contributed by atoms with Gasteiger partial charge in [-0.05, 0) is 42.5 Å². The van der Waals surface area contributed by atoms with Gasteiger partial charge >= 0.3 is 0 Å². The van der Waals surface area contributed by atoms with Gasteiger partial charge in [0.1, 0.15) is 11.5 Å². The highest BCUT2D eigenvalue weighted by molar-refractivity contribution is 7.92. The lowest BCUT2D eigenvalue weighted by Gasteiger charge is -2.11. The third-order valence-electron chi connectivity index (χ3n) is 4.01. The Kier molecular flexibility index (Phi) is 5.55. The molecule has 0 aliphatic carbocycles. The molecule has 0 aliphatic heterocycles. The molecule has 8 nitrogen and oxygen atoms in total. The molecule has 3 aromatic rings. The summed E-state index contributed by atoms with van der Waals surface area (Å²) in [5.74, 6) is 1.87. The zero-order chi connectivity index (χ0) is 20.3. The van der Waals surface area contributed by atoms with Gasteiger partial charge in [0.2, 0.25) is 0 Å². The van der Waals surface area contributed by atoms with Gasteiger partial charge in [0.25, 0.3) is 15.9 Å². The van der Waals surface area contributed by atoms with Crippen molar-refractivity contribution in [1.82, 2.24) is 10.1 Å². The number of ether oxygens (including phenoxy) is 2. The fourth-order valence-electron chi connectivity index (χ4n) is 2.47. The Morgan fingerprint density at radius 2 is 1.75 bits per heavy atom. The summed E-state index contributed by atoms with van der Waals surface area (Å²) in [4.78, 5) is 4.37. The largest absolute Gasteiger partial charge is 0.497 e. The molecule has 0 bridgehead atoms. The number of benzene rings is 2. The van der Waals surface area contributed by atoms with E-state index in [9.17, 15) is 8.42 Å². The molecule has 3 rings (SSSR count). The van der Waals surface area contributed by atoms with Crippen LogP contribution < -0.4 is 14.2 Å². The maximum absolute atomic E-state index is 12.8. The van der Waals surface area contributed by atoms with E-state index in [1.165, 1.54) is 19.2 Å². The number of hydrogen-bond donors (Lipinski definition) is 1. The van der Waals surface area contributed by atoms with E-state index in [1.807, 2.05) is 13.8 Å². The molecule has 28 heavy (non-hydrogen) atoms. The number of nitrogens with zero attached hydrogens (tertiary/aromatic N) is 2. The van der Waals surface area contributed by atoms with Crippen molar-refractivity contribution in [2.45, 2.75) is 24.7 Å². The highest BCUT2D eigenvalue weighted by Gasteiger charge is 2.21. The summed E-state index contributed by atoms with van der Waals surface area (Å²) in [6, 6.07) is 11.0. The number of methoxy groups -OCH3 is 2. The monoisotopic (exact) mass is 403 g/mol. The minimum atomic E-state index is -3.83. The number of sulfonamides is 1. The predicted molar refractivity (Wildman–Crippen MR) is 104 cm³/mol. The maximum atomic E-state index is 12.8. The Labute approximate surface area is 163 Å². The first-order valence-electron chi connectivity index (χ1n) is 8.53. The van der Waals surface area contributed by atoms with E-state index < -0.39 is 10.0 Å². The second kappa shape index (κ2) is 7.89. The van der Waals surface area contributed by atoms with E-state index in [0.717, 1.165) is 0 Å². The molecule has 0 saturated carbocycles. The molecular weight excluding hydrogens is 382 g/mol. The van der Waals surface area contributed by atoms with Gasteiger partial charge in [0.15, 0.2) is 5.82 Å². The van der Waals surface area contributed by atoms with Gasteiger partial charge in [-0.25, -0.2) is 8.42 Å². The number of aromatic nitrogens is 2. The molecule has 0 unspecified atom stereocenters. The number of rotatable bonds is 7. The van der Waals surface area contributed by atoms with Gasteiger partial charge in [-0.2, -0.15) is 4.98 Å². The molecule has 9 heteroatoms. The predicted octanol–water partition coefficient (Wildman–Crippen LogP) is 3.68. The third kappa shape index (κ3) is 4.09. The first-order chi connectivity index (χ1) is 13.3. The SMILES string of the molecule is COc1ccc(NS(=O)(=O)c2ccc(OC)c(-c3nc(C(C)C)no3)c2)cc1. The number of nitrogens with one attached hydrogen (secondary N) is 1. The van der Waals surface area contributed by atoms with Gasteiger partial charge in [-0.1, -0.05) is 19.0 Å². The molecule has 148 valence electrons. The first kappa shape index (κ1) is 19.7. The third-order valence-corrected chi connectivity index (χ3v) is 5.39. The Morgan fingerprint density at radius 3 is 2.32 bits per heavy atom. The standard InChI is InChI=1S/C19H21N3O5S/c1-12(2)18-20-19(27-21-18)16-11-15(9-10-17(16)26-4)28(23,24)22-13-5-7-14(25-3)8-6-13/h5-12,22H,1-4H3. The molecule has 1 heterocycles. The topological polar surface area (TPSA) is 104 Å². The summed E-state index contributed by atoms with van der Waals surface area (Å²) in [6.45, 7) is 3.87. The molecule has 0 atom stereocenters. The Hall–Kier alpha value is -3.07. The normalized spacial score (nSPS) is 11.5. The highest BCUT2D eigenvalue weighted by Crippen LogP contribution is 2.32. The number of anilines is 1. The van der Waals surface area contributed by atoms with Crippen LogP contribution in [-0.2, 0) is 10.0 Å². The fraction of sp³-hybridized carbons (Fsp3) is 0.263. The molecular formula is C19H21N3O5S. The van der Waals surface area contributed by atoms with Gasteiger partial charge in [-0.15, -0.1) is 0 Å². The number of hydrogen-bond acceptors (Lipinski definition) is 7. The van der Waals surface area contributed by atoms with Crippen LogP contribution in [0.5, 0.6) is 11.5 Å². The lowest BCUT2D eigenvalue weighted by Crippen LogP contribution is -2.13. The highest BCUT2D eigenvalue weighted by atomic mass is 32.2. The van der Waals surface area contributed by atoms with Gasteiger partial charge < -0.3 is 14.0 Å². The second-order valence-electron chi connectivity index (χ2n) is 6.31. The first-order valence-corrected chi connectivity index (χ1v) is 10.0. The summed E-state index contributed by atoms with van der Waals surface area (Å²) in [6.07, 6.45) is 0. The van der Waals surface area contributed by atoms with Crippen molar-refractivity contribution in [3.05, 3.63) is 48.3 Å². The van der Waals surface area contributed by atoms with Crippen LogP contribution in [-0.4, -0.2) is 32.8 Å². The molecule has 0 aliphatic rings. The van der Waals surface area contributed by atoms with Crippen LogP contribution in [0.4, 0.5) is 5.69 Å². The van der Waals surface area contributed by atoms with Crippen LogP contribution in [0.1, 0.15) is 25.6 Å². The summed E-state index contributed by atoms with van der Waals surface area (Å²) < 4.78 is 43.8. The molecule has 0 saturated heterocycles. The van der Waals surface area contributed by atoms with Crippen molar-refractivity contribution >= 4 is 15.7 Å². The molecule has 2 aromatic carbocycles. The Morgan fingerprint density at radius 1 is 1.04 bits per heavy atom. The Bertz CT molecular complexity index is 1060. The van der Waals surface area contributed by atoms with Crippen LogP contribution >= 0.6 is 0 Å². The average Bonchev–Trinajstić information content (AvgIpc) is 3.18. The van der Waals surface area contributed by atoms with E-state index >= 15 is 0 Å². The fourth-order valence-corrected chi connectivity index (χ4v) is 3.56. The minimum Gasteiger partial charge on any atom is -0.497 e. The molecule has 1 aromatic heterocycles. The van der Waals surface area contributed by atoms with Crippen LogP contribution in [0.3, 0.4) is 0 Å². The minimum absolute atomic E-state index is 0.0448. The van der Waals surface area contributed by atoms with Crippen LogP contribution in [0.15, 0.2) is 51.9 Å². The zero-order valence-corrected chi connectivity index (χ0v) is 16.8. The molecule has 0 radical (unpaired) electrons. The Balaban J connectivity index is 1.96. The van der Waals surface area contributed by atoms with Crippen LogP contribution in [0, 0.1) is 0 Å². The van der Waals surface area contributed by atoms with Crippen molar-refractivity contribution < 1.29 is 22.4 Å². The van der Waals surface area contributed by atoms with Crippen molar-refractivity contribution in [3.8, 4) is 23.0 Å². The van der Waals surface area contributed by atoms with Gasteiger partial charge in [0, 0.05) is 11.6 Å². The van der Waals surface area contributed by atoms with E-state index in [1.54, 1.807) is 37.4 Å². The summed E-state index contributed by atoms with van der Waals surface area (Å²) >= 11 is 0. The summed E-state index contributed by atoms with van der Waals surface area (Å²) in [5.41, 5.74) is 0.817. The van der Waals surface area contributed by atoms with E-state index in [2.05, 4.69) is 14.9 Å². The summed E-state index contributed by atoms with van der Waals surface area (Å²) in [7, 11) is -0.804. The molecule has 0 spiro atoms. The van der Waals surface area contributed by atoms with Crippen LogP contribution in [0.25, 0.3) is 11.5 Å². The lowest BCUT2D eigenvalue weighted by atomic mass is 10.2. The molecule has 0 amide bonds. The molecule has 1 N–H and O–H groups in total. The summed E-state index contributed by atoms with van der Waals surface area (Å²) in [5, 5.41) is 3.92. The quantitative estimate of drug-likeness (QED) is 0.642. The van der Waals surface area contributed by atoms with Crippen molar-refractivity contribution in [2.75, 3.05) is 18.9 Å². The smallest absolute Gasteiger partial charge is 0.261 e. The van der Waals surface area contributed by atoms with E-state index in [-0.39, 0.29) is 16.7 Å².